The van der Waals surface area contributed by atoms with Gasteiger partial charge in [0.15, 0.2) is 0 Å². The summed E-state index contributed by atoms with van der Waals surface area (Å²) in [5, 5.41) is 11.2. The molecule has 100 valence electrons. The highest BCUT2D eigenvalue weighted by Crippen LogP contribution is 2.15. The highest BCUT2D eigenvalue weighted by Gasteiger charge is 2.23. The van der Waals surface area contributed by atoms with E-state index in [4.69, 9.17) is 9.84 Å². The molecule has 1 aliphatic heterocycles. The zero-order valence-electron chi connectivity index (χ0n) is 10.2. The fourth-order valence-corrected chi connectivity index (χ4v) is 1.74. The Bertz CT molecular complexity index is 507. The maximum atomic E-state index is 11.8. The Hall–Kier alpha value is -2.21. The van der Waals surface area contributed by atoms with Gasteiger partial charge in [-0.15, -0.1) is 0 Å². The summed E-state index contributed by atoms with van der Waals surface area (Å²) in [6.45, 7) is 1.04. The highest BCUT2D eigenvalue weighted by atomic mass is 16.5. The van der Waals surface area contributed by atoms with Gasteiger partial charge in [-0.3, -0.25) is 4.79 Å². The van der Waals surface area contributed by atoms with E-state index in [1.54, 1.807) is 18.2 Å². The second-order valence-corrected chi connectivity index (χ2v) is 4.17. The number of anilines is 1. The molecule has 1 fully saturated rings. The van der Waals surface area contributed by atoms with Gasteiger partial charge < -0.3 is 15.2 Å². The number of aromatic nitrogens is 1. The second kappa shape index (κ2) is 6.10. The molecular formula is C13H14N2O4. The van der Waals surface area contributed by atoms with Gasteiger partial charge in [0.05, 0.1) is 18.2 Å². The summed E-state index contributed by atoms with van der Waals surface area (Å²) in [7, 11) is 0. The minimum absolute atomic E-state index is 0.121. The van der Waals surface area contributed by atoms with Crippen molar-refractivity contribution >= 4 is 23.8 Å². The molecule has 0 aromatic carbocycles. The summed E-state index contributed by atoms with van der Waals surface area (Å²) in [4.78, 5) is 26.4. The molecule has 1 amide bonds. The van der Waals surface area contributed by atoms with Crippen molar-refractivity contribution in [1.29, 1.82) is 0 Å². The standard InChI is InChI=1S/C13H14N2O4/c16-12(17)5-4-10-2-1-3-11(14-10)15-13(18)9-6-7-19-8-9/h1-5,9H,6-8H2,(H,16,17)(H,14,15,18). The van der Waals surface area contributed by atoms with Crippen molar-refractivity contribution in [1.82, 2.24) is 4.98 Å². The monoisotopic (exact) mass is 262 g/mol. The zero-order valence-corrected chi connectivity index (χ0v) is 10.2. The normalized spacial score (nSPS) is 18.6. The molecule has 1 saturated heterocycles. The molecule has 1 aliphatic rings. The summed E-state index contributed by atoms with van der Waals surface area (Å²) in [5.74, 6) is -0.895. The van der Waals surface area contributed by atoms with Gasteiger partial charge in [0.25, 0.3) is 0 Å². The third-order valence-corrected chi connectivity index (χ3v) is 2.72. The number of carboxylic acids is 1. The van der Waals surface area contributed by atoms with Gasteiger partial charge in [-0.05, 0) is 24.6 Å². The summed E-state index contributed by atoms with van der Waals surface area (Å²) in [6.07, 6.45) is 3.08. The van der Waals surface area contributed by atoms with E-state index in [1.807, 2.05) is 0 Å². The largest absolute Gasteiger partial charge is 0.478 e. The van der Waals surface area contributed by atoms with E-state index in [0.717, 1.165) is 6.08 Å². The van der Waals surface area contributed by atoms with E-state index in [2.05, 4.69) is 10.3 Å². The van der Waals surface area contributed by atoms with Crippen LogP contribution >= 0.6 is 0 Å². The molecule has 6 heteroatoms. The zero-order chi connectivity index (χ0) is 13.7. The topological polar surface area (TPSA) is 88.5 Å². The van der Waals surface area contributed by atoms with Gasteiger partial charge in [0.2, 0.25) is 5.91 Å². The van der Waals surface area contributed by atoms with Gasteiger partial charge in [-0.25, -0.2) is 9.78 Å². The third-order valence-electron chi connectivity index (χ3n) is 2.72. The van der Waals surface area contributed by atoms with E-state index in [-0.39, 0.29) is 11.8 Å². The van der Waals surface area contributed by atoms with E-state index in [0.29, 0.717) is 31.1 Å². The summed E-state index contributed by atoms with van der Waals surface area (Å²) < 4.78 is 5.15. The smallest absolute Gasteiger partial charge is 0.328 e. The van der Waals surface area contributed by atoms with Gasteiger partial charge in [-0.1, -0.05) is 6.07 Å². The van der Waals surface area contributed by atoms with E-state index in [1.165, 1.54) is 6.08 Å². The molecule has 2 N–H and O–H groups in total. The number of nitrogens with zero attached hydrogens (tertiary/aromatic N) is 1. The average Bonchev–Trinajstić information content (AvgIpc) is 2.91. The molecule has 0 bridgehead atoms. The molecule has 1 aromatic rings. The Morgan fingerprint density at radius 1 is 1.47 bits per heavy atom. The molecule has 1 aromatic heterocycles. The third kappa shape index (κ3) is 3.89. The lowest BCUT2D eigenvalue weighted by Crippen LogP contribution is -2.23. The first kappa shape index (κ1) is 13.2. The highest BCUT2D eigenvalue weighted by molar-refractivity contribution is 5.92. The first-order valence-electron chi connectivity index (χ1n) is 5.92. The van der Waals surface area contributed by atoms with E-state index >= 15 is 0 Å². The number of carbonyl (C=O) groups excluding carboxylic acids is 1. The summed E-state index contributed by atoms with van der Waals surface area (Å²) >= 11 is 0. The molecule has 0 spiro atoms. The van der Waals surface area contributed by atoms with Crippen molar-refractivity contribution in [3.8, 4) is 0 Å². The SMILES string of the molecule is O=C(O)C=Cc1cccc(NC(=O)C2CCOC2)n1. The Morgan fingerprint density at radius 2 is 2.32 bits per heavy atom. The Kier molecular flexibility index (Phi) is 4.25. The second-order valence-electron chi connectivity index (χ2n) is 4.17. The first-order chi connectivity index (χ1) is 9.15. The molecule has 1 atom stereocenters. The fraction of sp³-hybridized carbons (Fsp3) is 0.308. The molecule has 2 rings (SSSR count). The molecule has 1 unspecified atom stereocenters. The van der Waals surface area contributed by atoms with Gasteiger partial charge in [0, 0.05) is 12.7 Å². The molecule has 0 radical (unpaired) electrons. The van der Waals surface area contributed by atoms with Crippen molar-refractivity contribution < 1.29 is 19.4 Å². The number of carboxylic acid groups (broad SMARTS) is 1. The number of carbonyl (C=O) groups is 2. The van der Waals surface area contributed by atoms with Crippen molar-refractivity contribution in [2.24, 2.45) is 5.92 Å². The Morgan fingerprint density at radius 3 is 3.00 bits per heavy atom. The van der Waals surface area contributed by atoms with E-state index in [9.17, 15) is 9.59 Å². The summed E-state index contributed by atoms with van der Waals surface area (Å²) in [6, 6.07) is 5.02. The van der Waals surface area contributed by atoms with Crippen LogP contribution in [-0.2, 0) is 14.3 Å². The van der Waals surface area contributed by atoms with Crippen molar-refractivity contribution in [3.63, 3.8) is 0 Å². The lowest BCUT2D eigenvalue weighted by molar-refractivity contribution is -0.131. The Labute approximate surface area is 110 Å². The van der Waals surface area contributed by atoms with Crippen LogP contribution in [0.4, 0.5) is 5.82 Å². The Balaban J connectivity index is 2.02. The molecule has 19 heavy (non-hydrogen) atoms. The lowest BCUT2D eigenvalue weighted by Gasteiger charge is -2.08. The van der Waals surface area contributed by atoms with Crippen molar-refractivity contribution in [3.05, 3.63) is 30.0 Å². The number of ether oxygens (including phenoxy) is 1. The van der Waals surface area contributed by atoms with Crippen LogP contribution in [-0.4, -0.2) is 35.2 Å². The maximum absolute atomic E-state index is 11.8. The van der Waals surface area contributed by atoms with E-state index < -0.39 is 5.97 Å². The number of nitrogens with one attached hydrogen (secondary N) is 1. The van der Waals surface area contributed by atoms with Crippen LogP contribution in [0.15, 0.2) is 24.3 Å². The number of hydrogen-bond acceptors (Lipinski definition) is 4. The number of hydrogen-bond donors (Lipinski definition) is 2. The number of rotatable bonds is 4. The maximum Gasteiger partial charge on any atom is 0.328 e. The lowest BCUT2D eigenvalue weighted by atomic mass is 10.1. The van der Waals surface area contributed by atoms with Crippen LogP contribution in [0.5, 0.6) is 0 Å². The molecular weight excluding hydrogens is 248 g/mol. The van der Waals surface area contributed by atoms with Crippen LogP contribution in [0, 0.1) is 5.92 Å². The molecule has 6 nitrogen and oxygen atoms in total. The van der Waals surface area contributed by atoms with Gasteiger partial charge in [0.1, 0.15) is 5.82 Å². The van der Waals surface area contributed by atoms with Gasteiger partial charge in [-0.2, -0.15) is 0 Å². The predicted octanol–water partition coefficient (Wildman–Crippen LogP) is 1.15. The van der Waals surface area contributed by atoms with Crippen molar-refractivity contribution in [2.45, 2.75) is 6.42 Å². The first-order valence-corrected chi connectivity index (χ1v) is 5.92. The van der Waals surface area contributed by atoms with Crippen LogP contribution in [0.2, 0.25) is 0 Å². The van der Waals surface area contributed by atoms with Crippen LogP contribution in [0.3, 0.4) is 0 Å². The predicted molar refractivity (Wildman–Crippen MR) is 68.5 cm³/mol. The van der Waals surface area contributed by atoms with Gasteiger partial charge >= 0.3 is 5.97 Å². The molecule has 0 saturated carbocycles. The van der Waals surface area contributed by atoms with Crippen LogP contribution in [0.1, 0.15) is 12.1 Å². The minimum Gasteiger partial charge on any atom is -0.478 e. The van der Waals surface area contributed by atoms with Crippen LogP contribution < -0.4 is 5.32 Å². The summed E-state index contributed by atoms with van der Waals surface area (Å²) in [5.41, 5.74) is 0.475. The van der Waals surface area contributed by atoms with Crippen molar-refractivity contribution in [2.75, 3.05) is 18.5 Å². The number of amides is 1. The number of pyridine rings is 1. The minimum atomic E-state index is -1.04. The molecule has 0 aliphatic carbocycles. The average molecular weight is 262 g/mol. The quantitative estimate of drug-likeness (QED) is 0.795. The van der Waals surface area contributed by atoms with Crippen LogP contribution in [0.25, 0.3) is 6.08 Å². The molecule has 2 heterocycles. The number of aliphatic carboxylic acids is 1. The fourth-order valence-electron chi connectivity index (χ4n) is 1.74.